The van der Waals surface area contributed by atoms with Gasteiger partial charge in [-0.2, -0.15) is 0 Å². The molecule has 0 saturated heterocycles. The molecule has 0 saturated carbocycles. The summed E-state index contributed by atoms with van der Waals surface area (Å²) in [4.78, 5) is 45.2. The summed E-state index contributed by atoms with van der Waals surface area (Å²) in [6.07, 6.45) is 25.4. The quantitative estimate of drug-likeness (QED) is 0.0259. The number of amides is 1. The van der Waals surface area contributed by atoms with E-state index < -0.39 is 57.6 Å². The molecule has 1 amide bonds. The van der Waals surface area contributed by atoms with Crippen molar-refractivity contribution < 1.29 is 47.8 Å². The summed E-state index contributed by atoms with van der Waals surface area (Å²) < 4.78 is 26.5. The van der Waals surface area contributed by atoms with Gasteiger partial charge < -0.3 is 25.2 Å². The number of carbonyl (C=O) groups is 3. The van der Waals surface area contributed by atoms with Gasteiger partial charge in [-0.3, -0.25) is 18.6 Å². The molecule has 0 heterocycles. The fourth-order valence-corrected chi connectivity index (χ4v) is 5.06. The van der Waals surface area contributed by atoms with E-state index in [1.807, 2.05) is 0 Å². The van der Waals surface area contributed by atoms with Crippen LogP contribution in [0.25, 0.3) is 0 Å². The van der Waals surface area contributed by atoms with Gasteiger partial charge in [0.2, 0.25) is 5.91 Å². The fraction of sp³-hybridized carbons (Fsp3) is 0.788. The van der Waals surface area contributed by atoms with Crippen LogP contribution in [-0.2, 0) is 32.7 Å². The highest BCUT2D eigenvalue weighted by molar-refractivity contribution is 7.47. The summed E-state index contributed by atoms with van der Waals surface area (Å²) in [6, 6.07) is -1.54. The molecule has 3 unspecified atom stereocenters. The molecule has 0 aliphatic heterocycles. The van der Waals surface area contributed by atoms with Crippen molar-refractivity contribution in [2.24, 2.45) is 0 Å². The summed E-state index contributed by atoms with van der Waals surface area (Å²) in [6.45, 7) is 2.42. The molecule has 0 aromatic rings. The molecule has 12 heteroatoms. The van der Waals surface area contributed by atoms with Gasteiger partial charge in [0.25, 0.3) is 0 Å². The number of aliphatic hydroxyl groups excluding tert-OH is 1. The normalized spacial score (nSPS) is 14.4. The molecule has 262 valence electrons. The van der Waals surface area contributed by atoms with Crippen LogP contribution in [0.5, 0.6) is 0 Å². The van der Waals surface area contributed by atoms with Gasteiger partial charge in [-0.25, -0.2) is 9.36 Å². The Morgan fingerprint density at radius 3 is 1.84 bits per heavy atom. The van der Waals surface area contributed by atoms with E-state index in [9.17, 15) is 34.1 Å². The molecule has 3 atom stereocenters. The number of aliphatic hydroxyl groups is 1. The molecule has 45 heavy (non-hydrogen) atoms. The highest BCUT2D eigenvalue weighted by Crippen LogP contribution is 2.43. The van der Waals surface area contributed by atoms with E-state index >= 15 is 0 Å². The number of carbonyl (C=O) groups excluding carboxylic acids is 2. The largest absolute Gasteiger partial charge is 0.480 e. The van der Waals surface area contributed by atoms with Crippen molar-refractivity contribution in [2.75, 3.05) is 19.8 Å². The van der Waals surface area contributed by atoms with E-state index in [1.54, 1.807) is 0 Å². The standard InChI is InChI=1S/C33H60NO10P/c1-3-5-7-9-11-12-13-14-15-16-17-18-19-21-23-25-32(37)42-26-29(35)27-43-45(40,41)44-28-30(33(38)39)34-31(36)24-22-20-10-8-6-4-2/h11-12,14-15,29-30,35H,3-10,13,16-28H2,1-2H3,(H,34,36)(H,38,39)(H,40,41)/b12-11-,15-14-. The van der Waals surface area contributed by atoms with Crippen molar-refractivity contribution >= 4 is 25.7 Å². The first-order valence-electron chi connectivity index (χ1n) is 16.9. The van der Waals surface area contributed by atoms with Crippen molar-refractivity contribution in [3.8, 4) is 0 Å². The molecule has 0 spiro atoms. The van der Waals surface area contributed by atoms with Crippen LogP contribution < -0.4 is 5.32 Å². The van der Waals surface area contributed by atoms with E-state index in [2.05, 4.69) is 43.5 Å². The van der Waals surface area contributed by atoms with E-state index in [0.29, 0.717) is 12.8 Å². The number of unbranched alkanes of at least 4 members (excludes halogenated alkanes) is 13. The van der Waals surface area contributed by atoms with Crippen LogP contribution in [0.2, 0.25) is 0 Å². The highest BCUT2D eigenvalue weighted by Gasteiger charge is 2.28. The summed E-state index contributed by atoms with van der Waals surface area (Å²) in [5, 5.41) is 21.5. The van der Waals surface area contributed by atoms with Gasteiger partial charge in [0, 0.05) is 12.8 Å². The zero-order chi connectivity index (χ0) is 33.6. The van der Waals surface area contributed by atoms with Crippen molar-refractivity contribution in [2.45, 2.75) is 148 Å². The predicted molar refractivity (Wildman–Crippen MR) is 176 cm³/mol. The second-order valence-corrected chi connectivity index (χ2v) is 12.8. The monoisotopic (exact) mass is 661 g/mol. The minimum atomic E-state index is -4.74. The maximum Gasteiger partial charge on any atom is 0.472 e. The Labute approximate surface area is 270 Å². The number of phosphoric ester groups is 1. The number of esters is 1. The minimum absolute atomic E-state index is 0.143. The molecule has 0 rings (SSSR count). The third-order valence-electron chi connectivity index (χ3n) is 6.99. The summed E-state index contributed by atoms with van der Waals surface area (Å²) in [5.41, 5.74) is 0. The molecular weight excluding hydrogens is 601 g/mol. The average molecular weight is 662 g/mol. The Kier molecular flexibility index (Phi) is 28.0. The van der Waals surface area contributed by atoms with Crippen molar-refractivity contribution in [1.29, 1.82) is 0 Å². The molecule has 4 N–H and O–H groups in total. The van der Waals surface area contributed by atoms with Crippen molar-refractivity contribution in [1.82, 2.24) is 5.32 Å². The summed E-state index contributed by atoms with van der Waals surface area (Å²) >= 11 is 0. The Bertz CT molecular complexity index is 880. The van der Waals surface area contributed by atoms with Gasteiger partial charge in [0.1, 0.15) is 12.7 Å². The fourth-order valence-electron chi connectivity index (χ4n) is 4.28. The first-order valence-corrected chi connectivity index (χ1v) is 18.4. The summed E-state index contributed by atoms with van der Waals surface area (Å²) in [7, 11) is -4.74. The van der Waals surface area contributed by atoms with Gasteiger partial charge in [-0.05, 0) is 44.9 Å². The van der Waals surface area contributed by atoms with E-state index in [-0.39, 0.29) is 12.8 Å². The van der Waals surface area contributed by atoms with Crippen LogP contribution in [0.4, 0.5) is 0 Å². The van der Waals surface area contributed by atoms with Crippen molar-refractivity contribution in [3.63, 3.8) is 0 Å². The lowest BCUT2D eigenvalue weighted by Crippen LogP contribution is -2.43. The van der Waals surface area contributed by atoms with Crippen LogP contribution in [-0.4, -0.2) is 64.9 Å². The second-order valence-electron chi connectivity index (χ2n) is 11.4. The smallest absolute Gasteiger partial charge is 0.472 e. The van der Waals surface area contributed by atoms with E-state index in [1.165, 1.54) is 19.3 Å². The lowest BCUT2D eigenvalue weighted by Gasteiger charge is -2.18. The third kappa shape index (κ3) is 29.1. The Morgan fingerprint density at radius 2 is 1.22 bits per heavy atom. The number of allylic oxidation sites excluding steroid dienone is 4. The van der Waals surface area contributed by atoms with Crippen LogP contribution in [0, 0.1) is 0 Å². The molecule has 0 bridgehead atoms. The molecule has 0 aliphatic carbocycles. The minimum Gasteiger partial charge on any atom is -0.480 e. The zero-order valence-electron chi connectivity index (χ0n) is 27.7. The number of nitrogens with one attached hydrogen (secondary N) is 1. The van der Waals surface area contributed by atoms with E-state index in [0.717, 1.165) is 77.0 Å². The summed E-state index contributed by atoms with van der Waals surface area (Å²) in [5.74, 6) is -2.40. The van der Waals surface area contributed by atoms with Crippen LogP contribution in [0.15, 0.2) is 24.3 Å². The average Bonchev–Trinajstić information content (AvgIpc) is 3.00. The zero-order valence-corrected chi connectivity index (χ0v) is 28.6. The molecule has 0 aliphatic rings. The van der Waals surface area contributed by atoms with Gasteiger partial charge in [0.15, 0.2) is 6.04 Å². The van der Waals surface area contributed by atoms with Crippen LogP contribution in [0.1, 0.15) is 136 Å². The van der Waals surface area contributed by atoms with Crippen molar-refractivity contribution in [3.05, 3.63) is 24.3 Å². The number of aliphatic carboxylic acids is 1. The second kappa shape index (κ2) is 29.4. The van der Waals surface area contributed by atoms with Gasteiger partial charge in [-0.1, -0.05) is 102 Å². The third-order valence-corrected chi connectivity index (χ3v) is 7.94. The van der Waals surface area contributed by atoms with Crippen LogP contribution >= 0.6 is 7.82 Å². The number of carboxylic acids is 1. The van der Waals surface area contributed by atoms with Gasteiger partial charge >= 0.3 is 19.8 Å². The molecule has 0 aromatic carbocycles. The SMILES string of the molecule is CCCCC/C=C\C/C=C\CCCCCCCC(=O)OCC(O)COP(=O)(O)OCC(NC(=O)CCCCCCCC)C(=O)O. The maximum atomic E-state index is 12.1. The lowest BCUT2D eigenvalue weighted by atomic mass is 10.1. The number of hydrogen-bond acceptors (Lipinski definition) is 8. The Balaban J connectivity index is 3.98. The molecular formula is C33H60NO10P. The first-order chi connectivity index (χ1) is 21.6. The first kappa shape index (κ1) is 43.0. The number of carboxylic acid groups (broad SMARTS) is 1. The van der Waals surface area contributed by atoms with Gasteiger partial charge in [-0.15, -0.1) is 0 Å². The molecule has 0 aromatic heterocycles. The number of hydrogen-bond donors (Lipinski definition) is 4. The molecule has 0 radical (unpaired) electrons. The van der Waals surface area contributed by atoms with Gasteiger partial charge in [0.05, 0.1) is 13.2 Å². The van der Waals surface area contributed by atoms with E-state index in [4.69, 9.17) is 13.8 Å². The predicted octanol–water partition coefficient (Wildman–Crippen LogP) is 7.16. The Hall–Kier alpha value is -2.04. The molecule has 0 fully saturated rings. The molecule has 11 nitrogen and oxygen atoms in total. The number of rotatable bonds is 31. The topological polar surface area (TPSA) is 169 Å². The maximum absolute atomic E-state index is 12.1. The van der Waals surface area contributed by atoms with Crippen LogP contribution in [0.3, 0.4) is 0 Å². The highest BCUT2D eigenvalue weighted by atomic mass is 31.2. The number of phosphoric acid groups is 1. The lowest BCUT2D eigenvalue weighted by molar-refractivity contribution is -0.147. The Morgan fingerprint density at radius 1 is 0.711 bits per heavy atom. The number of ether oxygens (including phenoxy) is 1.